The lowest BCUT2D eigenvalue weighted by Crippen LogP contribution is -2.18. The van der Waals surface area contributed by atoms with Crippen LogP contribution in [0.3, 0.4) is 0 Å². The second-order valence-corrected chi connectivity index (χ2v) is 8.42. The number of nitrogens with zero attached hydrogens (tertiary/aromatic N) is 3. The molecule has 0 fully saturated rings. The number of para-hydroxylation sites is 1. The van der Waals surface area contributed by atoms with Crippen molar-refractivity contribution in [3.8, 4) is 0 Å². The SMILES string of the molecule is CCc1nc2c(N)nc(C)c(C)c2n1CCCS(=O)(=O)Nc1ccccc1. The number of fused-ring (bicyclic) bond motifs is 1. The van der Waals surface area contributed by atoms with Crippen molar-refractivity contribution in [2.45, 2.75) is 40.2 Å². The minimum absolute atomic E-state index is 0.0311. The van der Waals surface area contributed by atoms with E-state index in [4.69, 9.17) is 5.73 Å². The van der Waals surface area contributed by atoms with E-state index in [0.29, 0.717) is 30.0 Å². The molecule has 27 heavy (non-hydrogen) atoms. The standard InChI is InChI=1S/C19H25N5O2S/c1-4-16-22-17-18(13(2)14(3)21-19(17)20)24(16)11-8-12-27(25,26)23-15-9-6-5-7-10-15/h5-7,9-10,23H,4,8,11-12H2,1-3H3,(H2,20,21). The Hall–Kier alpha value is -2.61. The number of nitrogen functional groups attached to an aromatic ring is 1. The quantitative estimate of drug-likeness (QED) is 0.649. The molecular weight excluding hydrogens is 362 g/mol. The van der Waals surface area contributed by atoms with Gasteiger partial charge in [0.1, 0.15) is 11.3 Å². The van der Waals surface area contributed by atoms with E-state index in [2.05, 4.69) is 19.3 Å². The van der Waals surface area contributed by atoms with Crippen LogP contribution >= 0.6 is 0 Å². The van der Waals surface area contributed by atoms with Gasteiger partial charge in [-0.25, -0.2) is 18.4 Å². The minimum atomic E-state index is -3.41. The minimum Gasteiger partial charge on any atom is -0.382 e. The van der Waals surface area contributed by atoms with Gasteiger partial charge >= 0.3 is 0 Å². The molecule has 0 bridgehead atoms. The van der Waals surface area contributed by atoms with Crippen LogP contribution in [0.5, 0.6) is 0 Å². The Labute approximate surface area is 159 Å². The lowest BCUT2D eigenvalue weighted by molar-refractivity contribution is 0.590. The van der Waals surface area contributed by atoms with Crippen molar-refractivity contribution in [3.63, 3.8) is 0 Å². The fourth-order valence-corrected chi connectivity index (χ4v) is 4.31. The number of aryl methyl sites for hydroxylation is 4. The van der Waals surface area contributed by atoms with Gasteiger partial charge in [-0.1, -0.05) is 25.1 Å². The number of benzene rings is 1. The van der Waals surface area contributed by atoms with E-state index in [-0.39, 0.29) is 5.75 Å². The number of pyridine rings is 1. The highest BCUT2D eigenvalue weighted by Gasteiger charge is 2.17. The molecule has 0 atom stereocenters. The lowest BCUT2D eigenvalue weighted by Gasteiger charge is -2.12. The van der Waals surface area contributed by atoms with Crippen molar-refractivity contribution < 1.29 is 8.42 Å². The highest BCUT2D eigenvalue weighted by molar-refractivity contribution is 7.92. The Kier molecular flexibility index (Phi) is 5.36. The maximum absolute atomic E-state index is 12.4. The molecule has 3 aromatic rings. The number of imidazole rings is 1. The molecule has 144 valence electrons. The van der Waals surface area contributed by atoms with Gasteiger partial charge in [0.15, 0.2) is 5.82 Å². The van der Waals surface area contributed by atoms with E-state index < -0.39 is 10.0 Å². The molecule has 1 aromatic carbocycles. The lowest BCUT2D eigenvalue weighted by atomic mass is 10.2. The zero-order chi connectivity index (χ0) is 19.6. The van der Waals surface area contributed by atoms with Crippen molar-refractivity contribution in [1.29, 1.82) is 0 Å². The summed E-state index contributed by atoms with van der Waals surface area (Å²) < 4.78 is 29.4. The molecule has 0 aliphatic carbocycles. The van der Waals surface area contributed by atoms with Crippen LogP contribution in [0.1, 0.15) is 30.4 Å². The number of sulfonamides is 1. The summed E-state index contributed by atoms with van der Waals surface area (Å²) in [5.41, 5.74) is 10.2. The van der Waals surface area contributed by atoms with Crippen LogP contribution in [-0.4, -0.2) is 28.7 Å². The predicted octanol–water partition coefficient (Wildman–Crippen LogP) is 3.02. The van der Waals surface area contributed by atoms with Crippen LogP contribution in [-0.2, 0) is 23.0 Å². The summed E-state index contributed by atoms with van der Waals surface area (Å²) in [5, 5.41) is 0. The van der Waals surface area contributed by atoms with Gasteiger partial charge in [-0.05, 0) is 38.0 Å². The third-order valence-corrected chi connectivity index (χ3v) is 6.01. The van der Waals surface area contributed by atoms with E-state index in [9.17, 15) is 8.42 Å². The zero-order valence-electron chi connectivity index (χ0n) is 15.9. The molecular formula is C19H25N5O2S. The van der Waals surface area contributed by atoms with Crippen LogP contribution in [0.25, 0.3) is 11.0 Å². The number of nitrogens with one attached hydrogen (secondary N) is 1. The highest BCUT2D eigenvalue weighted by Crippen LogP contribution is 2.26. The average molecular weight is 388 g/mol. The Morgan fingerprint density at radius 2 is 1.85 bits per heavy atom. The van der Waals surface area contributed by atoms with E-state index in [1.807, 2.05) is 26.8 Å². The first kappa shape index (κ1) is 19.2. The fraction of sp³-hybridized carbons (Fsp3) is 0.368. The first-order chi connectivity index (χ1) is 12.8. The van der Waals surface area contributed by atoms with Gasteiger partial charge in [-0.3, -0.25) is 4.72 Å². The summed E-state index contributed by atoms with van der Waals surface area (Å²) in [6.45, 7) is 6.49. The third kappa shape index (κ3) is 4.05. The molecule has 0 unspecified atom stereocenters. The summed E-state index contributed by atoms with van der Waals surface area (Å²) in [6.07, 6.45) is 1.21. The maximum atomic E-state index is 12.4. The number of aromatic nitrogens is 3. The monoisotopic (exact) mass is 387 g/mol. The van der Waals surface area contributed by atoms with Crippen LogP contribution in [0.2, 0.25) is 0 Å². The molecule has 3 N–H and O–H groups in total. The molecule has 2 heterocycles. The highest BCUT2D eigenvalue weighted by atomic mass is 32.2. The summed E-state index contributed by atoms with van der Waals surface area (Å²) in [4.78, 5) is 8.98. The smallest absolute Gasteiger partial charge is 0.232 e. The number of anilines is 2. The van der Waals surface area contributed by atoms with Gasteiger partial charge in [0.25, 0.3) is 0 Å². The van der Waals surface area contributed by atoms with Gasteiger partial charge in [-0.2, -0.15) is 0 Å². The largest absolute Gasteiger partial charge is 0.382 e. The molecule has 0 spiro atoms. The Bertz CT molecular complexity index is 1060. The van der Waals surface area contributed by atoms with Crippen molar-refractivity contribution in [3.05, 3.63) is 47.4 Å². The van der Waals surface area contributed by atoms with E-state index >= 15 is 0 Å². The van der Waals surface area contributed by atoms with Crippen LogP contribution < -0.4 is 10.5 Å². The Morgan fingerprint density at radius 1 is 1.15 bits per heavy atom. The van der Waals surface area contributed by atoms with Gasteiger partial charge in [0.2, 0.25) is 10.0 Å². The normalized spacial score (nSPS) is 11.8. The molecule has 8 heteroatoms. The summed E-state index contributed by atoms with van der Waals surface area (Å²) in [5.74, 6) is 1.34. The van der Waals surface area contributed by atoms with E-state index in [1.165, 1.54) is 0 Å². The molecule has 0 aliphatic rings. The third-order valence-electron chi connectivity index (χ3n) is 4.63. The van der Waals surface area contributed by atoms with Crippen LogP contribution in [0.15, 0.2) is 30.3 Å². The Morgan fingerprint density at radius 3 is 2.52 bits per heavy atom. The van der Waals surface area contributed by atoms with Gasteiger partial charge < -0.3 is 10.3 Å². The van der Waals surface area contributed by atoms with Crippen molar-refractivity contribution in [2.24, 2.45) is 0 Å². The van der Waals surface area contributed by atoms with Gasteiger partial charge in [0, 0.05) is 24.3 Å². The number of hydrogen-bond acceptors (Lipinski definition) is 5. The molecule has 0 amide bonds. The summed E-state index contributed by atoms with van der Waals surface area (Å²) in [6, 6.07) is 8.91. The molecule has 2 aromatic heterocycles. The topological polar surface area (TPSA) is 103 Å². The van der Waals surface area contributed by atoms with Crippen molar-refractivity contribution in [2.75, 3.05) is 16.2 Å². The van der Waals surface area contributed by atoms with E-state index in [1.54, 1.807) is 24.3 Å². The second kappa shape index (κ2) is 7.56. The first-order valence-corrected chi connectivity index (χ1v) is 10.6. The number of hydrogen-bond donors (Lipinski definition) is 2. The summed E-state index contributed by atoms with van der Waals surface area (Å²) >= 11 is 0. The second-order valence-electron chi connectivity index (χ2n) is 6.58. The molecule has 0 radical (unpaired) electrons. The molecule has 0 saturated heterocycles. The van der Waals surface area contributed by atoms with Crippen LogP contribution in [0.4, 0.5) is 11.5 Å². The Balaban J connectivity index is 1.81. The number of nitrogens with two attached hydrogens (primary N) is 1. The van der Waals surface area contributed by atoms with Gasteiger partial charge in [0.05, 0.1) is 11.3 Å². The predicted molar refractivity (Wildman–Crippen MR) is 109 cm³/mol. The van der Waals surface area contributed by atoms with Crippen molar-refractivity contribution >= 4 is 32.6 Å². The molecule has 0 saturated carbocycles. The van der Waals surface area contributed by atoms with Gasteiger partial charge in [-0.15, -0.1) is 0 Å². The average Bonchev–Trinajstić information content (AvgIpc) is 2.99. The fourth-order valence-electron chi connectivity index (χ4n) is 3.21. The first-order valence-electron chi connectivity index (χ1n) is 8.99. The van der Waals surface area contributed by atoms with Crippen LogP contribution in [0, 0.1) is 13.8 Å². The number of rotatable bonds is 7. The van der Waals surface area contributed by atoms with E-state index in [0.717, 1.165) is 29.0 Å². The summed E-state index contributed by atoms with van der Waals surface area (Å²) in [7, 11) is -3.41. The maximum Gasteiger partial charge on any atom is 0.232 e. The molecule has 7 nitrogen and oxygen atoms in total. The molecule has 0 aliphatic heterocycles. The molecule has 3 rings (SSSR count). The van der Waals surface area contributed by atoms with Crippen molar-refractivity contribution in [1.82, 2.24) is 14.5 Å². The zero-order valence-corrected chi connectivity index (χ0v) is 16.7.